The van der Waals surface area contributed by atoms with Gasteiger partial charge >= 0.3 is 7.12 Å². The van der Waals surface area contributed by atoms with Gasteiger partial charge in [0.05, 0.1) is 6.20 Å². The highest BCUT2D eigenvalue weighted by Crippen LogP contribution is 2.17. The molecule has 0 amide bonds. The summed E-state index contributed by atoms with van der Waals surface area (Å²) in [7, 11) is -1.59. The molecule has 0 aliphatic rings. The Morgan fingerprint density at radius 3 is 1.60 bits per heavy atom. The molecule has 1 aromatic heterocycles. The molecule has 0 bridgehead atoms. The lowest BCUT2D eigenvalue weighted by Crippen LogP contribution is -2.30. The predicted octanol–water partition coefficient (Wildman–Crippen LogP) is 1.71. The molecule has 3 aromatic rings. The zero-order valence-electron chi connectivity index (χ0n) is 10.8. The van der Waals surface area contributed by atoms with E-state index in [-0.39, 0.29) is 5.79 Å². The van der Waals surface area contributed by atoms with Crippen LogP contribution in [0.1, 0.15) is 0 Å². The number of rotatable bonds is 2. The van der Waals surface area contributed by atoms with Gasteiger partial charge in [0.15, 0.2) is 0 Å². The van der Waals surface area contributed by atoms with E-state index in [1.807, 2.05) is 12.1 Å². The van der Waals surface area contributed by atoms with Crippen LogP contribution in [0.2, 0.25) is 0 Å². The Morgan fingerprint density at radius 2 is 1.30 bits per heavy atom. The van der Waals surface area contributed by atoms with E-state index in [1.54, 1.807) is 0 Å². The first-order chi connectivity index (χ1) is 9.77. The number of oxazole rings is 1. The molecule has 0 radical (unpaired) electrons. The number of hydrogen-bond acceptors (Lipinski definition) is 4. The lowest BCUT2D eigenvalue weighted by atomic mass is 9.93. The molecule has 2 aromatic carbocycles. The first-order valence-corrected chi connectivity index (χ1v) is 6.13. The molecule has 0 aliphatic carbocycles. The third-order valence-electron chi connectivity index (χ3n) is 2.55. The van der Waals surface area contributed by atoms with Gasteiger partial charge in [-0.25, -0.2) is 4.98 Å². The molecule has 0 aliphatic heterocycles. The zero-order valence-corrected chi connectivity index (χ0v) is 10.8. The molecule has 4 nitrogen and oxygen atoms in total. The van der Waals surface area contributed by atoms with Gasteiger partial charge in [-0.15, -0.1) is 0 Å². The van der Waals surface area contributed by atoms with E-state index in [9.17, 15) is 0 Å². The van der Waals surface area contributed by atoms with Crippen molar-refractivity contribution in [2.75, 3.05) is 0 Å². The van der Waals surface area contributed by atoms with Crippen LogP contribution in [0.4, 0.5) is 0 Å². The highest BCUT2D eigenvalue weighted by atomic mass is 16.4. The van der Waals surface area contributed by atoms with Crippen LogP contribution in [-0.2, 0) is 0 Å². The summed E-state index contributed by atoms with van der Waals surface area (Å²) in [6.07, 6.45) is 2.61. The predicted molar refractivity (Wildman–Crippen MR) is 78.2 cm³/mol. The molecule has 0 saturated carbocycles. The molecular weight excluding hydrogens is 253 g/mol. The summed E-state index contributed by atoms with van der Waals surface area (Å²) in [5.74, 6) is -0.0787. The van der Waals surface area contributed by atoms with Crippen LogP contribution in [0.25, 0.3) is 11.1 Å². The number of benzene rings is 2. The molecule has 0 saturated heterocycles. The average Bonchev–Trinajstić information content (AvgIpc) is 3.04. The van der Waals surface area contributed by atoms with E-state index in [2.05, 4.69) is 57.9 Å². The molecule has 2 N–H and O–H groups in total. The van der Waals surface area contributed by atoms with Crippen molar-refractivity contribution in [1.29, 1.82) is 0 Å². The largest absolute Gasteiger partial charge is 0.548 e. The molecule has 20 heavy (non-hydrogen) atoms. The fourth-order valence-electron chi connectivity index (χ4n) is 1.62. The van der Waals surface area contributed by atoms with Gasteiger partial charge in [0, 0.05) is 0 Å². The molecule has 0 fully saturated rings. The summed E-state index contributed by atoms with van der Waals surface area (Å²) < 4.78 is 4.48. The van der Waals surface area contributed by atoms with Gasteiger partial charge in [-0.3, -0.25) is 0 Å². The minimum atomic E-state index is -1.59. The van der Waals surface area contributed by atoms with E-state index in [4.69, 9.17) is 10.0 Å². The lowest BCUT2D eigenvalue weighted by Gasteiger charge is -1.98. The first-order valence-electron chi connectivity index (χ1n) is 6.13. The van der Waals surface area contributed by atoms with Crippen LogP contribution in [0, 0.1) is 0 Å². The summed E-state index contributed by atoms with van der Waals surface area (Å²) in [4.78, 5) is 3.45. The van der Waals surface area contributed by atoms with Gasteiger partial charge in [0.1, 0.15) is 6.26 Å². The number of nitrogens with zero attached hydrogens (tertiary/aromatic N) is 1. The van der Waals surface area contributed by atoms with Gasteiger partial charge < -0.3 is 14.5 Å². The highest BCUT2D eigenvalue weighted by molar-refractivity contribution is 6.55. The van der Waals surface area contributed by atoms with Crippen molar-refractivity contribution in [1.82, 2.24) is 4.98 Å². The second-order valence-corrected chi connectivity index (χ2v) is 3.98. The summed E-state index contributed by atoms with van der Waals surface area (Å²) in [5, 5.41) is 16.6. The maximum absolute atomic E-state index is 8.31. The van der Waals surface area contributed by atoms with Crippen LogP contribution in [-0.4, -0.2) is 22.2 Å². The normalized spacial score (nSPS) is 9.50. The molecule has 0 atom stereocenters. The highest BCUT2D eigenvalue weighted by Gasteiger charge is 2.14. The average molecular weight is 267 g/mol. The van der Waals surface area contributed by atoms with Crippen LogP contribution >= 0.6 is 0 Å². The maximum atomic E-state index is 8.31. The molecule has 5 heteroatoms. The van der Waals surface area contributed by atoms with E-state index >= 15 is 0 Å². The Balaban J connectivity index is 0.000000160. The van der Waals surface area contributed by atoms with E-state index in [1.165, 1.54) is 23.6 Å². The molecule has 100 valence electrons. The van der Waals surface area contributed by atoms with E-state index in [0.29, 0.717) is 0 Å². The van der Waals surface area contributed by atoms with E-state index < -0.39 is 7.12 Å². The van der Waals surface area contributed by atoms with Gasteiger partial charge in [-0.2, -0.15) is 0 Å². The second kappa shape index (κ2) is 7.28. The minimum Gasteiger partial charge on any atom is -0.452 e. The smallest absolute Gasteiger partial charge is 0.452 e. The monoisotopic (exact) mass is 267 g/mol. The van der Waals surface area contributed by atoms with Crippen molar-refractivity contribution in [2.24, 2.45) is 0 Å². The second-order valence-electron chi connectivity index (χ2n) is 3.98. The lowest BCUT2D eigenvalue weighted by molar-refractivity contribution is 0.407. The molecule has 0 unspecified atom stereocenters. The quantitative estimate of drug-likeness (QED) is 0.693. The van der Waals surface area contributed by atoms with Crippen molar-refractivity contribution < 1.29 is 14.5 Å². The van der Waals surface area contributed by atoms with Crippen molar-refractivity contribution in [2.45, 2.75) is 0 Å². The molecular formula is C15H14BNO3. The summed E-state index contributed by atoms with van der Waals surface area (Å²) in [5.41, 5.74) is 2.55. The van der Waals surface area contributed by atoms with Crippen molar-refractivity contribution in [3.8, 4) is 11.1 Å². The number of aromatic nitrogens is 1. The fraction of sp³-hybridized carbons (Fsp3) is 0. The Kier molecular flexibility index (Phi) is 5.11. The Morgan fingerprint density at radius 1 is 0.800 bits per heavy atom. The van der Waals surface area contributed by atoms with Gasteiger partial charge in [0.2, 0.25) is 5.79 Å². The fourth-order valence-corrected chi connectivity index (χ4v) is 1.62. The SMILES string of the molecule is OB(O)c1ncco1.c1ccc(-c2ccccc2)cc1. The zero-order chi connectivity index (χ0) is 14.2. The Bertz CT molecular complexity index is 560. The minimum absolute atomic E-state index is 0.0787. The Labute approximate surface area is 117 Å². The van der Waals surface area contributed by atoms with Gasteiger partial charge in [0.25, 0.3) is 0 Å². The topological polar surface area (TPSA) is 66.5 Å². The third kappa shape index (κ3) is 4.08. The Hall–Kier alpha value is -2.37. The van der Waals surface area contributed by atoms with Gasteiger partial charge in [-0.05, 0) is 11.1 Å². The summed E-state index contributed by atoms with van der Waals surface area (Å²) >= 11 is 0. The van der Waals surface area contributed by atoms with Crippen LogP contribution in [0.5, 0.6) is 0 Å². The first kappa shape index (κ1) is 14.1. The molecule has 0 spiro atoms. The summed E-state index contributed by atoms with van der Waals surface area (Å²) in [6, 6.07) is 20.8. The molecule has 3 rings (SSSR count). The van der Waals surface area contributed by atoms with Crippen LogP contribution in [0.3, 0.4) is 0 Å². The van der Waals surface area contributed by atoms with Crippen LogP contribution in [0.15, 0.2) is 77.5 Å². The standard InChI is InChI=1S/C12H10.C3H4BNO3/c1-3-7-11(8-4-1)12-9-5-2-6-10-12;6-4(7)3-5-1-2-8-3/h1-10H;1-2,6-7H. The maximum Gasteiger partial charge on any atom is 0.548 e. The van der Waals surface area contributed by atoms with Crippen molar-refractivity contribution >= 4 is 12.9 Å². The van der Waals surface area contributed by atoms with Crippen molar-refractivity contribution in [3.05, 3.63) is 73.1 Å². The van der Waals surface area contributed by atoms with Gasteiger partial charge in [-0.1, -0.05) is 60.7 Å². The van der Waals surface area contributed by atoms with E-state index in [0.717, 1.165) is 0 Å². The van der Waals surface area contributed by atoms with Crippen molar-refractivity contribution in [3.63, 3.8) is 0 Å². The summed E-state index contributed by atoms with van der Waals surface area (Å²) in [6.45, 7) is 0. The third-order valence-corrected chi connectivity index (χ3v) is 2.55. The molecule has 1 heterocycles. The van der Waals surface area contributed by atoms with Crippen LogP contribution < -0.4 is 5.79 Å². The number of hydrogen-bond donors (Lipinski definition) is 2.